The standard InChI is InChI=1S/C14H25N3O2.ClH/c1-8(2)13(18)16-5-6-17-14(19)11-9-3-4-10(7-9)12(11)15;/h8-12H,3-7,15H2,1-2H3,(H,16,18)(H,17,19);1H. The molecule has 116 valence electrons. The highest BCUT2D eigenvalue weighted by Gasteiger charge is 2.48. The highest BCUT2D eigenvalue weighted by Crippen LogP contribution is 2.47. The minimum Gasteiger partial charge on any atom is -0.354 e. The molecule has 2 aliphatic carbocycles. The van der Waals surface area contributed by atoms with Crippen molar-refractivity contribution in [1.29, 1.82) is 0 Å². The van der Waals surface area contributed by atoms with Crippen LogP contribution in [0.2, 0.25) is 0 Å². The van der Waals surface area contributed by atoms with Crippen LogP contribution in [0.15, 0.2) is 0 Å². The van der Waals surface area contributed by atoms with Crippen LogP contribution in [0, 0.1) is 23.7 Å². The third-order valence-electron chi connectivity index (χ3n) is 4.53. The summed E-state index contributed by atoms with van der Waals surface area (Å²) in [4.78, 5) is 23.5. The van der Waals surface area contributed by atoms with E-state index in [0.29, 0.717) is 24.9 Å². The Labute approximate surface area is 126 Å². The molecule has 0 aromatic heterocycles. The van der Waals surface area contributed by atoms with Crippen molar-refractivity contribution in [2.45, 2.75) is 39.2 Å². The van der Waals surface area contributed by atoms with Gasteiger partial charge in [0.15, 0.2) is 0 Å². The molecule has 4 atom stereocenters. The molecule has 0 heterocycles. The molecule has 2 bridgehead atoms. The number of carbonyl (C=O) groups excluding carboxylic acids is 2. The van der Waals surface area contributed by atoms with E-state index in [9.17, 15) is 9.59 Å². The van der Waals surface area contributed by atoms with Gasteiger partial charge in [-0.25, -0.2) is 0 Å². The molecular weight excluding hydrogens is 278 g/mol. The van der Waals surface area contributed by atoms with E-state index in [0.717, 1.165) is 12.8 Å². The smallest absolute Gasteiger partial charge is 0.225 e. The van der Waals surface area contributed by atoms with Gasteiger partial charge in [-0.05, 0) is 31.1 Å². The molecule has 2 rings (SSSR count). The van der Waals surface area contributed by atoms with E-state index in [2.05, 4.69) is 10.6 Å². The second-order valence-electron chi connectivity index (χ2n) is 6.17. The Morgan fingerprint density at radius 3 is 2.30 bits per heavy atom. The molecular formula is C14H26ClN3O2. The van der Waals surface area contributed by atoms with E-state index in [1.54, 1.807) is 0 Å². The van der Waals surface area contributed by atoms with Gasteiger partial charge >= 0.3 is 0 Å². The molecule has 0 radical (unpaired) electrons. The van der Waals surface area contributed by atoms with Crippen molar-refractivity contribution in [3.63, 3.8) is 0 Å². The van der Waals surface area contributed by atoms with Crippen LogP contribution in [0.4, 0.5) is 0 Å². The fraction of sp³-hybridized carbons (Fsp3) is 0.857. The lowest BCUT2D eigenvalue weighted by atomic mass is 9.84. The van der Waals surface area contributed by atoms with E-state index in [-0.39, 0.29) is 42.1 Å². The highest BCUT2D eigenvalue weighted by atomic mass is 35.5. The second kappa shape index (κ2) is 7.27. The van der Waals surface area contributed by atoms with Crippen LogP contribution in [0.25, 0.3) is 0 Å². The number of nitrogens with two attached hydrogens (primary N) is 1. The third kappa shape index (κ3) is 3.64. The first kappa shape index (κ1) is 17.2. The SMILES string of the molecule is CC(C)C(=O)NCCNC(=O)C1C2CCC(C2)C1N.Cl. The molecule has 20 heavy (non-hydrogen) atoms. The summed E-state index contributed by atoms with van der Waals surface area (Å²) in [5.74, 6) is 1.07. The fourth-order valence-electron chi connectivity index (χ4n) is 3.42. The van der Waals surface area contributed by atoms with Crippen LogP contribution in [-0.2, 0) is 9.59 Å². The van der Waals surface area contributed by atoms with E-state index >= 15 is 0 Å². The van der Waals surface area contributed by atoms with E-state index in [4.69, 9.17) is 5.73 Å². The minimum absolute atomic E-state index is 0. The predicted molar refractivity (Wildman–Crippen MR) is 80.4 cm³/mol. The van der Waals surface area contributed by atoms with Crippen LogP contribution in [0.5, 0.6) is 0 Å². The maximum atomic E-state index is 12.1. The number of hydrogen-bond donors (Lipinski definition) is 3. The predicted octanol–water partition coefficient (Wildman–Crippen LogP) is 0.670. The van der Waals surface area contributed by atoms with Gasteiger partial charge in [0.2, 0.25) is 11.8 Å². The Morgan fingerprint density at radius 2 is 1.75 bits per heavy atom. The molecule has 4 N–H and O–H groups in total. The first-order chi connectivity index (χ1) is 9.00. The second-order valence-corrected chi connectivity index (χ2v) is 6.17. The molecule has 2 saturated carbocycles. The van der Waals surface area contributed by atoms with Crippen molar-refractivity contribution in [3.8, 4) is 0 Å². The van der Waals surface area contributed by atoms with Crippen molar-refractivity contribution < 1.29 is 9.59 Å². The van der Waals surface area contributed by atoms with Crippen molar-refractivity contribution in [3.05, 3.63) is 0 Å². The maximum Gasteiger partial charge on any atom is 0.225 e. The highest BCUT2D eigenvalue weighted by molar-refractivity contribution is 5.85. The summed E-state index contributed by atoms with van der Waals surface area (Å²) in [6.45, 7) is 4.67. The molecule has 2 fully saturated rings. The third-order valence-corrected chi connectivity index (χ3v) is 4.53. The Bertz CT molecular complexity index is 360. The van der Waals surface area contributed by atoms with Crippen LogP contribution in [-0.4, -0.2) is 30.9 Å². The molecule has 2 aliphatic rings. The Hall–Kier alpha value is -0.810. The van der Waals surface area contributed by atoms with Gasteiger partial charge in [-0.3, -0.25) is 9.59 Å². The van der Waals surface area contributed by atoms with E-state index < -0.39 is 0 Å². The summed E-state index contributed by atoms with van der Waals surface area (Å²) in [6.07, 6.45) is 3.43. The average Bonchev–Trinajstić information content (AvgIpc) is 2.94. The van der Waals surface area contributed by atoms with Gasteiger partial charge in [0.25, 0.3) is 0 Å². The molecule has 0 aromatic rings. The molecule has 4 unspecified atom stereocenters. The van der Waals surface area contributed by atoms with Gasteiger partial charge in [0.1, 0.15) is 0 Å². The lowest BCUT2D eigenvalue weighted by Crippen LogP contribution is -2.46. The van der Waals surface area contributed by atoms with Gasteiger partial charge in [-0.15, -0.1) is 12.4 Å². The summed E-state index contributed by atoms with van der Waals surface area (Å²) in [5, 5.41) is 5.69. The lowest BCUT2D eigenvalue weighted by Gasteiger charge is -2.27. The van der Waals surface area contributed by atoms with Gasteiger partial charge in [-0.1, -0.05) is 13.8 Å². The maximum absolute atomic E-state index is 12.1. The molecule has 5 nitrogen and oxygen atoms in total. The first-order valence-corrected chi connectivity index (χ1v) is 7.31. The number of carbonyl (C=O) groups is 2. The number of amides is 2. The Kier molecular flexibility index (Phi) is 6.27. The molecule has 0 aromatic carbocycles. The Morgan fingerprint density at radius 1 is 1.15 bits per heavy atom. The molecule has 0 aliphatic heterocycles. The van der Waals surface area contributed by atoms with E-state index in [1.165, 1.54) is 6.42 Å². The summed E-state index contributed by atoms with van der Waals surface area (Å²) < 4.78 is 0. The normalized spacial score (nSPS) is 31.0. The average molecular weight is 304 g/mol. The number of halogens is 1. The largest absolute Gasteiger partial charge is 0.354 e. The molecule has 2 amide bonds. The summed E-state index contributed by atoms with van der Waals surface area (Å²) >= 11 is 0. The van der Waals surface area contributed by atoms with Gasteiger partial charge < -0.3 is 16.4 Å². The fourth-order valence-corrected chi connectivity index (χ4v) is 3.42. The monoisotopic (exact) mass is 303 g/mol. The number of rotatable bonds is 5. The van der Waals surface area contributed by atoms with Gasteiger partial charge in [0.05, 0.1) is 5.92 Å². The Balaban J connectivity index is 0.00000200. The molecule has 6 heteroatoms. The van der Waals surface area contributed by atoms with Crippen molar-refractivity contribution >= 4 is 24.2 Å². The van der Waals surface area contributed by atoms with Crippen molar-refractivity contribution in [2.75, 3.05) is 13.1 Å². The van der Waals surface area contributed by atoms with E-state index in [1.807, 2.05) is 13.8 Å². The van der Waals surface area contributed by atoms with Crippen LogP contribution < -0.4 is 16.4 Å². The molecule has 0 saturated heterocycles. The minimum atomic E-state index is -0.0188. The zero-order valence-electron chi connectivity index (χ0n) is 12.2. The van der Waals surface area contributed by atoms with Gasteiger partial charge in [0, 0.05) is 25.0 Å². The summed E-state index contributed by atoms with van der Waals surface area (Å²) in [6, 6.07) is 0.0315. The van der Waals surface area contributed by atoms with Crippen LogP contribution >= 0.6 is 12.4 Å². The molecule has 0 spiro atoms. The summed E-state index contributed by atoms with van der Waals surface area (Å²) in [5.41, 5.74) is 6.13. The quantitative estimate of drug-likeness (QED) is 0.653. The number of nitrogens with one attached hydrogen (secondary N) is 2. The van der Waals surface area contributed by atoms with Crippen LogP contribution in [0.1, 0.15) is 33.1 Å². The number of hydrogen-bond acceptors (Lipinski definition) is 3. The first-order valence-electron chi connectivity index (χ1n) is 7.31. The van der Waals surface area contributed by atoms with Crippen molar-refractivity contribution in [1.82, 2.24) is 10.6 Å². The zero-order chi connectivity index (χ0) is 14.0. The number of fused-ring (bicyclic) bond motifs is 2. The lowest BCUT2D eigenvalue weighted by molar-refractivity contribution is -0.127. The van der Waals surface area contributed by atoms with Crippen molar-refractivity contribution in [2.24, 2.45) is 29.4 Å². The topological polar surface area (TPSA) is 84.2 Å². The summed E-state index contributed by atoms with van der Waals surface area (Å²) in [7, 11) is 0. The van der Waals surface area contributed by atoms with Crippen LogP contribution in [0.3, 0.4) is 0 Å². The van der Waals surface area contributed by atoms with Gasteiger partial charge in [-0.2, -0.15) is 0 Å². The zero-order valence-corrected chi connectivity index (χ0v) is 13.0.